The molecule has 4 N–H and O–H groups in total. The zero-order valence-corrected chi connectivity index (χ0v) is 11.4. The number of aromatic amines is 1. The van der Waals surface area contributed by atoms with Crippen LogP contribution in [0.3, 0.4) is 0 Å². The van der Waals surface area contributed by atoms with Gasteiger partial charge in [0.15, 0.2) is 6.23 Å². The lowest BCUT2D eigenvalue weighted by Gasteiger charge is -2.17. The molecule has 1 aliphatic heterocycles. The van der Waals surface area contributed by atoms with E-state index >= 15 is 0 Å². The molecule has 0 amide bonds. The minimum absolute atomic E-state index is 0.0353. The van der Waals surface area contributed by atoms with Crippen LogP contribution in [0.1, 0.15) is 11.8 Å². The molecule has 0 spiro atoms. The van der Waals surface area contributed by atoms with Crippen LogP contribution in [0.15, 0.2) is 15.8 Å². The molecule has 9 heteroatoms. The molecule has 2 heterocycles. The quantitative estimate of drug-likeness (QED) is 0.441. The van der Waals surface area contributed by atoms with Crippen molar-refractivity contribution in [1.29, 1.82) is 0 Å². The van der Waals surface area contributed by atoms with Gasteiger partial charge in [0, 0.05) is 11.8 Å². The van der Waals surface area contributed by atoms with E-state index in [-0.39, 0.29) is 25.4 Å². The molecule has 1 aromatic heterocycles. The molecule has 0 saturated carbocycles. The van der Waals surface area contributed by atoms with Crippen LogP contribution >= 0.6 is 0 Å². The fourth-order valence-corrected chi connectivity index (χ4v) is 2.14. The van der Waals surface area contributed by atoms with Gasteiger partial charge in [0.2, 0.25) is 0 Å². The van der Waals surface area contributed by atoms with Gasteiger partial charge in [0.05, 0.1) is 19.8 Å². The zero-order valence-electron chi connectivity index (χ0n) is 11.4. The number of nitrogens with one attached hydrogen (secondary N) is 1. The molecule has 1 aliphatic rings. The molecular formula is C12H18N2O7. The monoisotopic (exact) mass is 302 g/mol. The normalized spacial score (nSPS) is 29.0. The Hall–Kier alpha value is -1.52. The highest BCUT2D eigenvalue weighted by Crippen LogP contribution is 2.28. The number of hydrogen-bond donors (Lipinski definition) is 4. The van der Waals surface area contributed by atoms with Gasteiger partial charge in [-0.1, -0.05) is 0 Å². The smallest absolute Gasteiger partial charge is 0.330 e. The first kappa shape index (κ1) is 15.9. The number of aryl methyl sites for hydroxylation is 1. The van der Waals surface area contributed by atoms with Gasteiger partial charge in [-0.25, -0.2) is 4.79 Å². The molecule has 0 aliphatic carbocycles. The molecule has 0 radical (unpaired) electrons. The van der Waals surface area contributed by atoms with E-state index in [2.05, 4.69) is 4.98 Å². The predicted molar refractivity (Wildman–Crippen MR) is 69.9 cm³/mol. The lowest BCUT2D eigenvalue weighted by atomic mass is 10.1. The van der Waals surface area contributed by atoms with E-state index in [0.717, 1.165) is 4.57 Å². The summed E-state index contributed by atoms with van der Waals surface area (Å²) in [6.45, 7) is 1.37. The Morgan fingerprint density at radius 1 is 1.38 bits per heavy atom. The highest BCUT2D eigenvalue weighted by atomic mass is 16.6. The molecule has 0 bridgehead atoms. The Labute approximate surface area is 119 Å². The molecule has 1 saturated heterocycles. The minimum Gasteiger partial charge on any atom is -0.394 e. The van der Waals surface area contributed by atoms with Crippen molar-refractivity contribution in [2.24, 2.45) is 0 Å². The van der Waals surface area contributed by atoms with Crippen molar-refractivity contribution in [2.45, 2.75) is 31.5 Å². The van der Waals surface area contributed by atoms with Gasteiger partial charge in [0.25, 0.3) is 5.56 Å². The minimum atomic E-state index is -1.34. The van der Waals surface area contributed by atoms with Crippen molar-refractivity contribution >= 4 is 0 Å². The van der Waals surface area contributed by atoms with E-state index in [1.807, 2.05) is 0 Å². The number of ether oxygens (including phenoxy) is 2. The van der Waals surface area contributed by atoms with Gasteiger partial charge in [-0.05, 0) is 6.92 Å². The van der Waals surface area contributed by atoms with Gasteiger partial charge in [-0.2, -0.15) is 0 Å². The highest BCUT2D eigenvalue weighted by molar-refractivity contribution is 5.03. The van der Waals surface area contributed by atoms with Crippen LogP contribution in [0, 0.1) is 6.92 Å². The Morgan fingerprint density at radius 3 is 2.76 bits per heavy atom. The maximum atomic E-state index is 11.8. The van der Waals surface area contributed by atoms with Crippen LogP contribution in [0.4, 0.5) is 0 Å². The number of aliphatic hydroxyl groups is 3. The standard InChI is InChI=1S/C12H18N2O7/c1-6-4-14(12(19)13-10(6)18)11-9(17)8(16)7(21-11)5-20-3-2-15/h4,7-9,11,15-17H,2-3,5H2,1H3,(H,13,18,19)/t7-,8-,9-,11-/m1/s1. The van der Waals surface area contributed by atoms with Crippen LogP contribution in [-0.2, 0) is 9.47 Å². The Balaban J connectivity index is 2.19. The summed E-state index contributed by atoms with van der Waals surface area (Å²) in [7, 11) is 0. The van der Waals surface area contributed by atoms with Crippen molar-refractivity contribution in [3.63, 3.8) is 0 Å². The van der Waals surface area contributed by atoms with Crippen LogP contribution in [0.2, 0.25) is 0 Å². The van der Waals surface area contributed by atoms with Crippen molar-refractivity contribution in [2.75, 3.05) is 19.8 Å². The molecule has 2 rings (SSSR count). The fourth-order valence-electron chi connectivity index (χ4n) is 2.14. The fraction of sp³-hybridized carbons (Fsp3) is 0.667. The number of nitrogens with zero attached hydrogens (tertiary/aromatic N) is 1. The second kappa shape index (κ2) is 6.50. The summed E-state index contributed by atoms with van der Waals surface area (Å²) in [6, 6.07) is 0. The van der Waals surface area contributed by atoms with Crippen molar-refractivity contribution in [3.05, 3.63) is 32.6 Å². The topological polar surface area (TPSA) is 134 Å². The van der Waals surface area contributed by atoms with E-state index in [9.17, 15) is 19.8 Å². The first-order valence-electron chi connectivity index (χ1n) is 6.48. The molecule has 21 heavy (non-hydrogen) atoms. The third-order valence-corrected chi connectivity index (χ3v) is 3.27. The summed E-state index contributed by atoms with van der Waals surface area (Å²) in [5, 5.41) is 28.5. The maximum Gasteiger partial charge on any atom is 0.330 e. The van der Waals surface area contributed by atoms with Crippen molar-refractivity contribution in [1.82, 2.24) is 9.55 Å². The largest absolute Gasteiger partial charge is 0.394 e. The molecule has 0 unspecified atom stereocenters. The van der Waals surface area contributed by atoms with Gasteiger partial charge in [-0.15, -0.1) is 0 Å². The van der Waals surface area contributed by atoms with Crippen LogP contribution < -0.4 is 11.2 Å². The van der Waals surface area contributed by atoms with Gasteiger partial charge >= 0.3 is 5.69 Å². The van der Waals surface area contributed by atoms with E-state index in [1.165, 1.54) is 13.1 Å². The first-order valence-corrected chi connectivity index (χ1v) is 6.48. The summed E-state index contributed by atoms with van der Waals surface area (Å²) < 4.78 is 11.5. The number of aliphatic hydroxyl groups excluding tert-OH is 3. The molecule has 118 valence electrons. The third kappa shape index (κ3) is 3.22. The lowest BCUT2D eigenvalue weighted by molar-refractivity contribution is -0.0712. The Morgan fingerprint density at radius 2 is 2.10 bits per heavy atom. The molecule has 0 aromatic carbocycles. The van der Waals surface area contributed by atoms with Gasteiger partial charge in [0.1, 0.15) is 18.3 Å². The molecule has 9 nitrogen and oxygen atoms in total. The van der Waals surface area contributed by atoms with Crippen LogP contribution in [-0.4, -0.2) is 63.0 Å². The van der Waals surface area contributed by atoms with E-state index < -0.39 is 35.8 Å². The van der Waals surface area contributed by atoms with Crippen LogP contribution in [0.25, 0.3) is 0 Å². The van der Waals surface area contributed by atoms with Gasteiger partial charge in [-0.3, -0.25) is 14.3 Å². The SMILES string of the molecule is Cc1cn([C@@H]2O[C@H](COCCO)[C@@H](O)[C@H]2O)c(=O)[nH]c1=O. The summed E-state index contributed by atoms with van der Waals surface area (Å²) in [5.74, 6) is 0. The first-order chi connectivity index (χ1) is 9.95. The average Bonchev–Trinajstić information content (AvgIpc) is 2.72. The number of hydrogen-bond acceptors (Lipinski definition) is 7. The van der Waals surface area contributed by atoms with E-state index in [0.29, 0.717) is 0 Å². The van der Waals surface area contributed by atoms with E-state index in [4.69, 9.17) is 14.6 Å². The molecule has 4 atom stereocenters. The van der Waals surface area contributed by atoms with Crippen LogP contribution in [0.5, 0.6) is 0 Å². The molecule has 1 aromatic rings. The second-order valence-corrected chi connectivity index (χ2v) is 4.82. The number of rotatable bonds is 5. The van der Waals surface area contributed by atoms with Gasteiger partial charge < -0.3 is 24.8 Å². The lowest BCUT2D eigenvalue weighted by Crippen LogP contribution is -2.38. The highest BCUT2D eigenvalue weighted by Gasteiger charge is 2.44. The van der Waals surface area contributed by atoms with Crippen molar-refractivity contribution < 1.29 is 24.8 Å². The summed E-state index contributed by atoms with van der Waals surface area (Å²) in [5.41, 5.74) is -0.981. The number of aromatic nitrogens is 2. The zero-order chi connectivity index (χ0) is 15.6. The van der Waals surface area contributed by atoms with Crippen molar-refractivity contribution in [3.8, 4) is 0 Å². The summed E-state index contributed by atoms with van der Waals surface area (Å²) >= 11 is 0. The molecule has 1 fully saturated rings. The second-order valence-electron chi connectivity index (χ2n) is 4.82. The van der Waals surface area contributed by atoms with E-state index in [1.54, 1.807) is 0 Å². The number of H-pyrrole nitrogens is 1. The third-order valence-electron chi connectivity index (χ3n) is 3.27. The maximum absolute atomic E-state index is 11.8. The summed E-state index contributed by atoms with van der Waals surface area (Å²) in [6.07, 6.45) is -3.27. The average molecular weight is 302 g/mol. The molecular weight excluding hydrogens is 284 g/mol. The predicted octanol–water partition coefficient (Wildman–Crippen LogP) is -2.53. The Bertz CT molecular complexity index is 596. The Kier molecular flexibility index (Phi) is 4.91. The summed E-state index contributed by atoms with van der Waals surface area (Å²) in [4.78, 5) is 25.2.